The molecule has 1 aliphatic carbocycles. The standard InChI is InChI=1S/C10H17N3O2/c1-11-8-4-5-13(10(8)15)6-9(14)12-7-2-3-7/h7-8,11H,2-6H2,1H3,(H,12,14). The van der Waals surface area contributed by atoms with E-state index in [-0.39, 0.29) is 24.4 Å². The minimum atomic E-state index is -0.0984. The Labute approximate surface area is 89.2 Å². The van der Waals surface area contributed by atoms with Gasteiger partial charge in [-0.1, -0.05) is 0 Å². The summed E-state index contributed by atoms with van der Waals surface area (Å²) < 4.78 is 0. The summed E-state index contributed by atoms with van der Waals surface area (Å²) in [7, 11) is 1.77. The van der Waals surface area contributed by atoms with E-state index in [9.17, 15) is 9.59 Å². The molecule has 1 saturated heterocycles. The van der Waals surface area contributed by atoms with Gasteiger partial charge in [0.15, 0.2) is 0 Å². The first-order valence-corrected chi connectivity index (χ1v) is 5.46. The van der Waals surface area contributed by atoms with Crippen molar-refractivity contribution in [1.82, 2.24) is 15.5 Å². The van der Waals surface area contributed by atoms with Crippen LogP contribution in [0, 0.1) is 0 Å². The highest BCUT2D eigenvalue weighted by atomic mass is 16.2. The number of amides is 2. The molecular weight excluding hydrogens is 194 g/mol. The van der Waals surface area contributed by atoms with Crippen molar-refractivity contribution in [2.75, 3.05) is 20.1 Å². The van der Waals surface area contributed by atoms with Crippen molar-refractivity contribution in [3.8, 4) is 0 Å². The Kier molecular flexibility index (Phi) is 2.90. The average molecular weight is 211 g/mol. The third kappa shape index (κ3) is 2.47. The van der Waals surface area contributed by atoms with Gasteiger partial charge in [-0.15, -0.1) is 0 Å². The maximum Gasteiger partial charge on any atom is 0.240 e. The van der Waals surface area contributed by atoms with Crippen molar-refractivity contribution in [2.45, 2.75) is 31.3 Å². The van der Waals surface area contributed by atoms with Crippen molar-refractivity contribution in [3.63, 3.8) is 0 Å². The second kappa shape index (κ2) is 4.18. The number of carbonyl (C=O) groups is 2. The van der Waals surface area contributed by atoms with Crippen molar-refractivity contribution < 1.29 is 9.59 Å². The van der Waals surface area contributed by atoms with Crippen LogP contribution in [0.4, 0.5) is 0 Å². The zero-order valence-electron chi connectivity index (χ0n) is 8.95. The Balaban J connectivity index is 1.79. The molecule has 2 rings (SSSR count). The minimum Gasteiger partial charge on any atom is -0.352 e. The fourth-order valence-corrected chi connectivity index (χ4v) is 1.84. The van der Waals surface area contributed by atoms with Crippen LogP contribution in [0.2, 0.25) is 0 Å². The second-order valence-electron chi connectivity index (χ2n) is 4.23. The summed E-state index contributed by atoms with van der Waals surface area (Å²) in [6.07, 6.45) is 2.96. The lowest BCUT2D eigenvalue weighted by atomic mass is 10.3. The van der Waals surface area contributed by atoms with Crippen molar-refractivity contribution in [3.05, 3.63) is 0 Å². The highest BCUT2D eigenvalue weighted by Crippen LogP contribution is 2.18. The maximum atomic E-state index is 11.7. The van der Waals surface area contributed by atoms with Gasteiger partial charge in [-0.2, -0.15) is 0 Å². The van der Waals surface area contributed by atoms with Crippen LogP contribution in [0.25, 0.3) is 0 Å². The van der Waals surface area contributed by atoms with Crippen molar-refractivity contribution in [2.24, 2.45) is 0 Å². The number of likely N-dealkylation sites (tertiary alicyclic amines) is 1. The molecule has 0 radical (unpaired) electrons. The molecule has 0 aromatic heterocycles. The molecule has 1 atom stereocenters. The van der Waals surface area contributed by atoms with Gasteiger partial charge in [0, 0.05) is 12.6 Å². The number of hydrogen-bond acceptors (Lipinski definition) is 3. The molecule has 0 bridgehead atoms. The predicted octanol–water partition coefficient (Wildman–Crippen LogP) is -0.915. The summed E-state index contributed by atoms with van der Waals surface area (Å²) in [6, 6.07) is 0.272. The number of rotatable bonds is 4. The van der Waals surface area contributed by atoms with Gasteiger partial charge in [-0.25, -0.2) is 0 Å². The Hall–Kier alpha value is -1.10. The molecular formula is C10H17N3O2. The van der Waals surface area contributed by atoms with E-state index in [0.29, 0.717) is 12.6 Å². The first kappa shape index (κ1) is 10.4. The minimum absolute atomic E-state index is 0.0254. The molecule has 2 fully saturated rings. The third-order valence-electron chi connectivity index (χ3n) is 2.92. The molecule has 5 heteroatoms. The maximum absolute atomic E-state index is 11.7. The fraction of sp³-hybridized carbons (Fsp3) is 0.800. The lowest BCUT2D eigenvalue weighted by Crippen LogP contribution is -2.42. The molecule has 0 aromatic carbocycles. The van der Waals surface area contributed by atoms with E-state index in [1.54, 1.807) is 11.9 Å². The van der Waals surface area contributed by atoms with Gasteiger partial charge in [-0.05, 0) is 26.3 Å². The number of likely N-dealkylation sites (N-methyl/N-ethyl adjacent to an activating group) is 1. The summed E-state index contributed by atoms with van der Waals surface area (Å²) >= 11 is 0. The number of carbonyl (C=O) groups excluding carboxylic acids is 2. The van der Waals surface area contributed by atoms with E-state index in [0.717, 1.165) is 19.3 Å². The van der Waals surface area contributed by atoms with E-state index in [1.165, 1.54) is 0 Å². The van der Waals surface area contributed by atoms with Gasteiger partial charge < -0.3 is 15.5 Å². The molecule has 1 saturated carbocycles. The van der Waals surface area contributed by atoms with E-state index < -0.39 is 0 Å². The largest absolute Gasteiger partial charge is 0.352 e. The van der Waals surface area contributed by atoms with Crippen LogP contribution in [0.5, 0.6) is 0 Å². The van der Waals surface area contributed by atoms with Crippen LogP contribution in [-0.2, 0) is 9.59 Å². The fourth-order valence-electron chi connectivity index (χ4n) is 1.84. The molecule has 1 unspecified atom stereocenters. The molecule has 2 aliphatic rings. The first-order chi connectivity index (χ1) is 7.20. The number of nitrogens with one attached hydrogen (secondary N) is 2. The van der Waals surface area contributed by atoms with Crippen LogP contribution in [0.3, 0.4) is 0 Å². The van der Waals surface area contributed by atoms with Gasteiger partial charge in [0.1, 0.15) is 0 Å². The van der Waals surface area contributed by atoms with Gasteiger partial charge >= 0.3 is 0 Å². The lowest BCUT2D eigenvalue weighted by molar-refractivity contribution is -0.134. The Morgan fingerprint density at radius 1 is 1.47 bits per heavy atom. The van der Waals surface area contributed by atoms with Crippen molar-refractivity contribution >= 4 is 11.8 Å². The van der Waals surface area contributed by atoms with Crippen LogP contribution < -0.4 is 10.6 Å². The smallest absolute Gasteiger partial charge is 0.240 e. The number of nitrogens with zero attached hydrogens (tertiary/aromatic N) is 1. The van der Waals surface area contributed by atoms with Gasteiger partial charge in [0.25, 0.3) is 0 Å². The van der Waals surface area contributed by atoms with E-state index >= 15 is 0 Å². The molecule has 15 heavy (non-hydrogen) atoms. The monoisotopic (exact) mass is 211 g/mol. The Morgan fingerprint density at radius 3 is 2.73 bits per heavy atom. The highest BCUT2D eigenvalue weighted by molar-refractivity contribution is 5.89. The van der Waals surface area contributed by atoms with E-state index in [4.69, 9.17) is 0 Å². The number of hydrogen-bond donors (Lipinski definition) is 2. The third-order valence-corrected chi connectivity index (χ3v) is 2.92. The Bertz CT molecular complexity index is 276. The molecule has 2 amide bonds. The van der Waals surface area contributed by atoms with E-state index in [2.05, 4.69) is 10.6 Å². The summed E-state index contributed by atoms with van der Waals surface area (Å²) in [4.78, 5) is 24.7. The quantitative estimate of drug-likeness (QED) is 0.632. The SMILES string of the molecule is CNC1CCN(CC(=O)NC2CC2)C1=O. The second-order valence-corrected chi connectivity index (χ2v) is 4.23. The highest BCUT2D eigenvalue weighted by Gasteiger charge is 2.32. The molecule has 0 spiro atoms. The molecule has 1 aliphatic heterocycles. The molecule has 84 valence electrons. The summed E-state index contributed by atoms with van der Waals surface area (Å²) in [5, 5.41) is 5.83. The van der Waals surface area contributed by atoms with E-state index in [1.807, 2.05) is 0 Å². The van der Waals surface area contributed by atoms with Crippen LogP contribution >= 0.6 is 0 Å². The zero-order valence-corrected chi connectivity index (χ0v) is 8.95. The first-order valence-electron chi connectivity index (χ1n) is 5.46. The lowest BCUT2D eigenvalue weighted by Gasteiger charge is -2.15. The topological polar surface area (TPSA) is 61.4 Å². The summed E-state index contributed by atoms with van der Waals surface area (Å²) in [6.45, 7) is 0.899. The molecule has 2 N–H and O–H groups in total. The molecule has 5 nitrogen and oxygen atoms in total. The van der Waals surface area contributed by atoms with Crippen LogP contribution in [0.15, 0.2) is 0 Å². The van der Waals surface area contributed by atoms with Crippen molar-refractivity contribution in [1.29, 1.82) is 0 Å². The van der Waals surface area contributed by atoms with Gasteiger partial charge in [0.05, 0.1) is 12.6 Å². The predicted molar refractivity (Wildman–Crippen MR) is 55.2 cm³/mol. The van der Waals surface area contributed by atoms with Crippen LogP contribution in [0.1, 0.15) is 19.3 Å². The average Bonchev–Trinajstić information content (AvgIpc) is 2.94. The normalized spacial score (nSPS) is 25.8. The van der Waals surface area contributed by atoms with Gasteiger partial charge in [-0.3, -0.25) is 9.59 Å². The Morgan fingerprint density at radius 2 is 2.20 bits per heavy atom. The molecule has 1 heterocycles. The molecule has 0 aromatic rings. The zero-order chi connectivity index (χ0) is 10.8. The summed E-state index contributed by atoms with van der Waals surface area (Å²) in [5.41, 5.74) is 0. The van der Waals surface area contributed by atoms with Crippen LogP contribution in [-0.4, -0.2) is 48.9 Å². The summed E-state index contributed by atoms with van der Waals surface area (Å²) in [5.74, 6) is 0.0195. The van der Waals surface area contributed by atoms with Gasteiger partial charge in [0.2, 0.25) is 11.8 Å².